The fraction of sp³-hybridized carbons (Fsp3) is 0.150. The first-order valence-electron chi connectivity index (χ1n) is 8.40. The molecule has 0 aliphatic heterocycles. The Hall–Kier alpha value is -3.32. The van der Waals surface area contributed by atoms with Gasteiger partial charge in [0.25, 0.3) is 0 Å². The molecule has 1 aromatic heterocycles. The minimum atomic E-state index is -4.50. The number of aryl methyl sites for hydroxylation is 1. The third-order valence-electron chi connectivity index (χ3n) is 3.81. The number of ether oxygens (including phenoxy) is 1. The molecule has 154 valence electrons. The highest BCUT2D eigenvalue weighted by molar-refractivity contribution is 8.00. The molecule has 0 aliphatic carbocycles. The highest BCUT2D eigenvalue weighted by atomic mass is 32.2. The summed E-state index contributed by atoms with van der Waals surface area (Å²) in [6, 6.07) is 7.88. The predicted molar refractivity (Wildman–Crippen MR) is 102 cm³/mol. The Labute approximate surface area is 173 Å². The van der Waals surface area contributed by atoms with Gasteiger partial charge in [-0.05, 0) is 54.6 Å². The molecule has 0 radical (unpaired) electrons. The lowest BCUT2D eigenvalue weighted by atomic mass is 10.1. The Bertz CT molecular complexity index is 1150. The largest absolute Gasteiger partial charge is 0.457 e. The number of rotatable bonds is 5. The lowest BCUT2D eigenvalue weighted by Crippen LogP contribution is -2.01. The van der Waals surface area contributed by atoms with Gasteiger partial charge in [-0.3, -0.25) is 0 Å². The van der Waals surface area contributed by atoms with Crippen LogP contribution in [0.4, 0.5) is 17.6 Å². The van der Waals surface area contributed by atoms with Crippen molar-refractivity contribution in [3.05, 3.63) is 64.6 Å². The van der Waals surface area contributed by atoms with E-state index < -0.39 is 11.3 Å². The van der Waals surface area contributed by atoms with Crippen LogP contribution in [0.1, 0.15) is 28.5 Å². The summed E-state index contributed by atoms with van der Waals surface area (Å²) in [6.45, 7) is 3.16. The molecule has 0 amide bonds. The maximum Gasteiger partial charge on any atom is 0.446 e. The number of halogens is 4. The molecule has 30 heavy (non-hydrogen) atoms. The summed E-state index contributed by atoms with van der Waals surface area (Å²) in [7, 11) is 0. The van der Waals surface area contributed by atoms with Gasteiger partial charge in [0.05, 0.1) is 11.6 Å². The van der Waals surface area contributed by atoms with Crippen LogP contribution in [0.3, 0.4) is 0 Å². The Balaban J connectivity index is 2.02. The fourth-order valence-corrected chi connectivity index (χ4v) is 3.28. The van der Waals surface area contributed by atoms with Crippen LogP contribution >= 0.6 is 11.8 Å². The molecular formula is C20H13F4N3O2S. The number of hydrogen-bond acceptors (Lipinski definition) is 6. The minimum Gasteiger partial charge on any atom is -0.457 e. The van der Waals surface area contributed by atoms with Gasteiger partial charge in [-0.25, -0.2) is 4.39 Å². The molecule has 3 rings (SSSR count). The maximum absolute atomic E-state index is 13.7. The Morgan fingerprint density at radius 3 is 2.53 bits per heavy atom. The standard InChI is InChI=1S/C20H13F4N3O2S/c1-11-16(3-6-19-27-26-12(2)28-19)18(30-20(22,23)24)5-4-17(11)29-15-8-13(10-25)7-14(21)9-15/h3-9H,1-2H3/b6-3+. The maximum atomic E-state index is 13.7. The Kier molecular flexibility index (Phi) is 6.12. The molecular weight excluding hydrogens is 422 g/mol. The van der Waals surface area contributed by atoms with Gasteiger partial charge in [-0.1, -0.05) is 0 Å². The van der Waals surface area contributed by atoms with Crippen molar-refractivity contribution in [2.75, 3.05) is 0 Å². The van der Waals surface area contributed by atoms with Gasteiger partial charge in [-0.2, -0.15) is 18.4 Å². The summed E-state index contributed by atoms with van der Waals surface area (Å²) in [5.74, 6) is 0.0289. The van der Waals surface area contributed by atoms with Gasteiger partial charge in [0.15, 0.2) is 0 Å². The van der Waals surface area contributed by atoms with Crippen molar-refractivity contribution < 1.29 is 26.7 Å². The molecule has 0 fully saturated rings. The van der Waals surface area contributed by atoms with E-state index in [4.69, 9.17) is 14.4 Å². The first-order chi connectivity index (χ1) is 14.1. The number of aromatic nitrogens is 2. The van der Waals surface area contributed by atoms with Crippen molar-refractivity contribution in [2.24, 2.45) is 0 Å². The number of benzene rings is 2. The average molecular weight is 435 g/mol. The third-order valence-corrected chi connectivity index (χ3v) is 4.62. The molecule has 2 aromatic carbocycles. The zero-order valence-electron chi connectivity index (χ0n) is 15.6. The molecule has 0 saturated heterocycles. The highest BCUT2D eigenvalue weighted by Gasteiger charge is 2.31. The summed E-state index contributed by atoms with van der Waals surface area (Å²) < 4.78 is 63.5. The second kappa shape index (κ2) is 8.59. The molecule has 0 aliphatic rings. The summed E-state index contributed by atoms with van der Waals surface area (Å²) in [6.07, 6.45) is 2.80. The van der Waals surface area contributed by atoms with Gasteiger partial charge in [0.2, 0.25) is 11.8 Å². The van der Waals surface area contributed by atoms with Crippen LogP contribution in [0.15, 0.2) is 39.6 Å². The molecule has 5 nitrogen and oxygen atoms in total. The quantitative estimate of drug-likeness (QED) is 0.347. The van der Waals surface area contributed by atoms with Gasteiger partial charge >= 0.3 is 5.51 Å². The highest BCUT2D eigenvalue weighted by Crippen LogP contribution is 2.42. The summed E-state index contributed by atoms with van der Waals surface area (Å²) in [5, 5.41) is 16.4. The molecule has 0 saturated carbocycles. The molecule has 0 unspecified atom stereocenters. The van der Waals surface area contributed by atoms with Gasteiger partial charge < -0.3 is 9.15 Å². The monoisotopic (exact) mass is 435 g/mol. The molecule has 0 atom stereocenters. The Morgan fingerprint density at radius 2 is 1.90 bits per heavy atom. The van der Waals surface area contributed by atoms with Crippen LogP contribution < -0.4 is 4.74 Å². The van der Waals surface area contributed by atoms with E-state index in [9.17, 15) is 17.6 Å². The van der Waals surface area contributed by atoms with Crippen LogP contribution in [-0.4, -0.2) is 15.7 Å². The number of nitrogens with zero attached hydrogens (tertiary/aromatic N) is 3. The molecule has 0 N–H and O–H groups in total. The lowest BCUT2D eigenvalue weighted by Gasteiger charge is -2.15. The zero-order chi connectivity index (χ0) is 21.9. The molecule has 10 heteroatoms. The van der Waals surface area contributed by atoms with Crippen LogP contribution in [-0.2, 0) is 0 Å². The van der Waals surface area contributed by atoms with Crippen molar-refractivity contribution in [3.63, 3.8) is 0 Å². The second-order valence-electron chi connectivity index (χ2n) is 6.03. The number of nitriles is 1. The van der Waals surface area contributed by atoms with Gasteiger partial charge in [0, 0.05) is 29.5 Å². The summed E-state index contributed by atoms with van der Waals surface area (Å²) >= 11 is -0.271. The van der Waals surface area contributed by atoms with Crippen molar-refractivity contribution >= 4 is 23.9 Å². The SMILES string of the molecule is Cc1nnc(/C=C/c2c(SC(F)(F)F)ccc(Oc3cc(F)cc(C#N)c3)c2C)o1. The fourth-order valence-electron chi connectivity index (χ4n) is 2.56. The lowest BCUT2D eigenvalue weighted by molar-refractivity contribution is -0.0328. The van der Waals surface area contributed by atoms with E-state index in [0.717, 1.165) is 12.1 Å². The van der Waals surface area contributed by atoms with Crippen molar-refractivity contribution in [1.82, 2.24) is 10.2 Å². The van der Waals surface area contributed by atoms with Crippen LogP contribution in [0, 0.1) is 31.0 Å². The van der Waals surface area contributed by atoms with E-state index in [0.29, 0.717) is 11.5 Å². The van der Waals surface area contributed by atoms with Crippen molar-refractivity contribution in [1.29, 1.82) is 5.26 Å². The van der Waals surface area contributed by atoms with Gasteiger partial charge in [0.1, 0.15) is 17.3 Å². The predicted octanol–water partition coefficient (Wildman–Crippen LogP) is 6.27. The minimum absolute atomic E-state index is 0.0494. The first-order valence-corrected chi connectivity index (χ1v) is 9.22. The molecule has 3 aromatic rings. The Morgan fingerprint density at radius 1 is 1.13 bits per heavy atom. The van der Waals surface area contributed by atoms with Crippen LogP contribution in [0.25, 0.3) is 12.2 Å². The van der Waals surface area contributed by atoms with Crippen LogP contribution in [0.5, 0.6) is 11.5 Å². The van der Waals surface area contributed by atoms with Gasteiger partial charge in [-0.15, -0.1) is 10.2 Å². The summed E-state index contributed by atoms with van der Waals surface area (Å²) in [4.78, 5) is -0.0585. The van der Waals surface area contributed by atoms with Crippen molar-refractivity contribution in [2.45, 2.75) is 24.3 Å². The molecule has 0 spiro atoms. The normalized spacial score (nSPS) is 11.6. The van der Waals surface area contributed by atoms with E-state index >= 15 is 0 Å². The zero-order valence-corrected chi connectivity index (χ0v) is 16.4. The smallest absolute Gasteiger partial charge is 0.446 e. The molecule has 0 bridgehead atoms. The topological polar surface area (TPSA) is 71.9 Å². The van der Waals surface area contributed by atoms with E-state index in [-0.39, 0.29) is 45.2 Å². The van der Waals surface area contributed by atoms with E-state index in [1.807, 2.05) is 6.07 Å². The second-order valence-corrected chi connectivity index (χ2v) is 7.14. The van der Waals surface area contributed by atoms with E-state index in [1.165, 1.54) is 30.4 Å². The third kappa shape index (κ3) is 5.39. The van der Waals surface area contributed by atoms with E-state index in [2.05, 4.69) is 10.2 Å². The first kappa shape index (κ1) is 21.4. The molecule has 1 heterocycles. The van der Waals surface area contributed by atoms with Crippen LogP contribution in [0.2, 0.25) is 0 Å². The van der Waals surface area contributed by atoms with Crippen molar-refractivity contribution in [3.8, 4) is 17.6 Å². The van der Waals surface area contributed by atoms with E-state index in [1.54, 1.807) is 13.8 Å². The number of hydrogen-bond donors (Lipinski definition) is 0. The average Bonchev–Trinajstić information content (AvgIpc) is 3.07. The number of thioether (sulfide) groups is 1. The summed E-state index contributed by atoms with van der Waals surface area (Å²) in [5.41, 5.74) is -3.84. The number of alkyl halides is 3.